The summed E-state index contributed by atoms with van der Waals surface area (Å²) in [6, 6.07) is 15.5. The summed E-state index contributed by atoms with van der Waals surface area (Å²) < 4.78 is 5.61. The Hall–Kier alpha value is -3.34. The van der Waals surface area contributed by atoms with Gasteiger partial charge < -0.3 is 15.4 Å². The number of aryl methyl sites for hydroxylation is 1. The van der Waals surface area contributed by atoms with Crippen LogP contribution in [0.5, 0.6) is 5.75 Å². The molecule has 0 radical (unpaired) electrons. The normalized spacial score (nSPS) is 19.7. The lowest BCUT2D eigenvalue weighted by molar-refractivity contribution is -0.118. The van der Waals surface area contributed by atoms with Crippen molar-refractivity contribution < 1.29 is 14.3 Å². The first-order valence-corrected chi connectivity index (χ1v) is 11.5. The van der Waals surface area contributed by atoms with Crippen molar-refractivity contribution in [2.24, 2.45) is 5.41 Å². The molecule has 1 atom stereocenters. The number of amides is 1. The van der Waals surface area contributed by atoms with Crippen LogP contribution >= 0.6 is 0 Å². The summed E-state index contributed by atoms with van der Waals surface area (Å²) in [7, 11) is 0. The number of ether oxygens (including phenoxy) is 1. The number of para-hydroxylation sites is 1. The van der Waals surface area contributed by atoms with Gasteiger partial charge in [0.2, 0.25) is 0 Å². The van der Waals surface area contributed by atoms with Gasteiger partial charge in [-0.2, -0.15) is 0 Å². The fraction of sp³-hybridized carbons (Fsp3) is 0.357. The molecule has 4 rings (SSSR count). The quantitative estimate of drug-likeness (QED) is 0.627. The summed E-state index contributed by atoms with van der Waals surface area (Å²) >= 11 is 0. The summed E-state index contributed by atoms with van der Waals surface area (Å²) in [6.45, 7) is 10.6. The molecule has 5 heteroatoms. The zero-order chi connectivity index (χ0) is 23.8. The van der Waals surface area contributed by atoms with E-state index in [4.69, 9.17) is 4.74 Å². The number of dihydropyridines is 1. The van der Waals surface area contributed by atoms with Crippen LogP contribution in [-0.2, 0) is 9.59 Å². The van der Waals surface area contributed by atoms with E-state index in [-0.39, 0.29) is 17.1 Å². The van der Waals surface area contributed by atoms with E-state index >= 15 is 0 Å². The number of benzene rings is 2. The van der Waals surface area contributed by atoms with Gasteiger partial charge in [-0.3, -0.25) is 9.59 Å². The van der Waals surface area contributed by atoms with Crippen LogP contribution in [0.2, 0.25) is 0 Å². The smallest absolute Gasteiger partial charge is 0.254 e. The van der Waals surface area contributed by atoms with Gasteiger partial charge in [0.05, 0.1) is 6.61 Å². The predicted molar refractivity (Wildman–Crippen MR) is 131 cm³/mol. The van der Waals surface area contributed by atoms with Crippen LogP contribution in [0.25, 0.3) is 0 Å². The van der Waals surface area contributed by atoms with Gasteiger partial charge in [0, 0.05) is 40.6 Å². The Morgan fingerprint density at radius 2 is 1.79 bits per heavy atom. The van der Waals surface area contributed by atoms with E-state index in [2.05, 4.69) is 24.5 Å². The molecule has 1 heterocycles. The lowest BCUT2D eigenvalue weighted by Gasteiger charge is -2.39. The molecule has 0 saturated heterocycles. The van der Waals surface area contributed by atoms with Gasteiger partial charge in [0.25, 0.3) is 5.91 Å². The van der Waals surface area contributed by atoms with Gasteiger partial charge in [-0.05, 0) is 61.9 Å². The molecule has 0 fully saturated rings. The monoisotopic (exact) mass is 444 g/mol. The number of Topliss-reactive ketones (excluding diaryl/α,β-unsaturated/α-hetero) is 1. The largest absolute Gasteiger partial charge is 0.494 e. The Bertz CT molecular complexity index is 1160. The Labute approximate surface area is 195 Å². The number of hydrogen-bond acceptors (Lipinski definition) is 4. The maximum Gasteiger partial charge on any atom is 0.254 e. The summed E-state index contributed by atoms with van der Waals surface area (Å²) in [5.74, 6) is 0.246. The Morgan fingerprint density at radius 1 is 1.09 bits per heavy atom. The van der Waals surface area contributed by atoms with E-state index in [0.29, 0.717) is 24.2 Å². The summed E-state index contributed by atoms with van der Waals surface area (Å²) in [5.41, 5.74) is 5.55. The molecular weight excluding hydrogens is 412 g/mol. The standard InChI is InChI=1S/C28H32N2O3/c1-6-33-20-13-11-19(12-14-20)25-24(27(32)30-21-10-8-7-9-17(21)2)18(3)29-22-15-28(4,5)16-23(31)26(22)25/h7-14,25,29H,6,15-16H2,1-5H3,(H,30,32)/t25-/m1/s1. The molecule has 2 aromatic rings. The van der Waals surface area contributed by atoms with E-state index in [0.717, 1.165) is 40.4 Å². The van der Waals surface area contributed by atoms with Crippen LogP contribution in [0.4, 0.5) is 5.69 Å². The van der Waals surface area contributed by atoms with E-state index in [1.807, 2.05) is 69.3 Å². The molecule has 0 spiro atoms. The molecule has 0 aromatic heterocycles. The summed E-state index contributed by atoms with van der Waals surface area (Å²) in [6.07, 6.45) is 1.23. The van der Waals surface area contributed by atoms with Crippen molar-refractivity contribution in [1.82, 2.24) is 5.32 Å². The topological polar surface area (TPSA) is 67.4 Å². The van der Waals surface area contributed by atoms with Crippen LogP contribution in [0.3, 0.4) is 0 Å². The summed E-state index contributed by atoms with van der Waals surface area (Å²) in [5, 5.41) is 6.49. The highest BCUT2D eigenvalue weighted by atomic mass is 16.5. The number of hydrogen-bond donors (Lipinski definition) is 2. The molecule has 1 amide bonds. The van der Waals surface area contributed by atoms with Crippen LogP contribution in [0.1, 0.15) is 57.6 Å². The van der Waals surface area contributed by atoms with Crippen molar-refractivity contribution in [3.63, 3.8) is 0 Å². The molecule has 2 N–H and O–H groups in total. The first-order valence-electron chi connectivity index (χ1n) is 11.5. The maximum atomic E-state index is 13.6. The number of carbonyl (C=O) groups excluding carboxylic acids is 2. The minimum atomic E-state index is -0.426. The highest BCUT2D eigenvalue weighted by Gasteiger charge is 2.42. The van der Waals surface area contributed by atoms with Gasteiger partial charge in [-0.15, -0.1) is 0 Å². The Morgan fingerprint density at radius 3 is 2.45 bits per heavy atom. The molecule has 5 nitrogen and oxygen atoms in total. The first kappa shape index (κ1) is 22.8. The second kappa shape index (κ2) is 8.89. The van der Waals surface area contributed by atoms with E-state index in [9.17, 15) is 9.59 Å². The molecule has 2 aromatic carbocycles. The predicted octanol–water partition coefficient (Wildman–Crippen LogP) is 5.64. The van der Waals surface area contributed by atoms with E-state index < -0.39 is 5.92 Å². The lowest BCUT2D eigenvalue weighted by Crippen LogP contribution is -2.39. The third-order valence-corrected chi connectivity index (χ3v) is 6.40. The molecule has 33 heavy (non-hydrogen) atoms. The van der Waals surface area contributed by atoms with Crippen LogP contribution in [-0.4, -0.2) is 18.3 Å². The Balaban J connectivity index is 1.79. The van der Waals surface area contributed by atoms with Gasteiger partial charge in [-0.1, -0.05) is 44.2 Å². The maximum absolute atomic E-state index is 13.6. The number of allylic oxidation sites excluding steroid dienone is 3. The van der Waals surface area contributed by atoms with Crippen LogP contribution in [0, 0.1) is 12.3 Å². The molecule has 0 bridgehead atoms. The van der Waals surface area contributed by atoms with E-state index in [1.165, 1.54) is 0 Å². The van der Waals surface area contributed by atoms with Crippen molar-refractivity contribution in [3.05, 3.63) is 82.2 Å². The van der Waals surface area contributed by atoms with Crippen molar-refractivity contribution in [3.8, 4) is 5.75 Å². The van der Waals surface area contributed by atoms with Crippen molar-refractivity contribution in [2.45, 2.75) is 53.4 Å². The van der Waals surface area contributed by atoms with Crippen molar-refractivity contribution in [2.75, 3.05) is 11.9 Å². The lowest BCUT2D eigenvalue weighted by atomic mass is 9.68. The van der Waals surface area contributed by atoms with Crippen LogP contribution in [0.15, 0.2) is 71.1 Å². The highest BCUT2D eigenvalue weighted by molar-refractivity contribution is 6.10. The molecule has 0 unspecified atom stereocenters. The zero-order valence-corrected chi connectivity index (χ0v) is 20.0. The minimum absolute atomic E-state index is 0.0985. The third kappa shape index (κ3) is 4.58. The van der Waals surface area contributed by atoms with Gasteiger partial charge in [0.15, 0.2) is 5.78 Å². The van der Waals surface area contributed by atoms with Gasteiger partial charge >= 0.3 is 0 Å². The number of nitrogens with one attached hydrogen (secondary N) is 2. The average Bonchev–Trinajstić information content (AvgIpc) is 2.74. The average molecular weight is 445 g/mol. The van der Waals surface area contributed by atoms with Gasteiger partial charge in [0.1, 0.15) is 5.75 Å². The Kier molecular flexibility index (Phi) is 6.15. The highest BCUT2D eigenvalue weighted by Crippen LogP contribution is 2.47. The molecule has 1 aliphatic heterocycles. The van der Waals surface area contributed by atoms with Gasteiger partial charge in [-0.25, -0.2) is 0 Å². The number of rotatable bonds is 5. The third-order valence-electron chi connectivity index (χ3n) is 6.40. The fourth-order valence-electron chi connectivity index (χ4n) is 4.90. The first-order chi connectivity index (χ1) is 15.7. The molecule has 172 valence electrons. The summed E-state index contributed by atoms with van der Waals surface area (Å²) in [4.78, 5) is 27.0. The fourth-order valence-corrected chi connectivity index (χ4v) is 4.90. The zero-order valence-electron chi connectivity index (χ0n) is 20.0. The number of anilines is 1. The number of carbonyl (C=O) groups is 2. The van der Waals surface area contributed by atoms with E-state index in [1.54, 1.807) is 0 Å². The minimum Gasteiger partial charge on any atom is -0.494 e. The SMILES string of the molecule is CCOc1ccc([C@@H]2C(C(=O)Nc3ccccc3C)=C(C)NC3=C2C(=O)CC(C)(C)C3)cc1. The molecule has 2 aliphatic rings. The van der Waals surface area contributed by atoms with Crippen molar-refractivity contribution >= 4 is 17.4 Å². The van der Waals surface area contributed by atoms with Crippen molar-refractivity contribution in [1.29, 1.82) is 0 Å². The molecular formula is C28H32N2O3. The molecule has 1 aliphatic carbocycles. The molecule has 0 saturated carbocycles. The number of ketones is 1. The van der Waals surface area contributed by atoms with Crippen LogP contribution < -0.4 is 15.4 Å². The second-order valence-corrected chi connectivity index (χ2v) is 9.70. The second-order valence-electron chi connectivity index (χ2n) is 9.70.